The molecule has 1 aromatic carbocycles. The van der Waals surface area contributed by atoms with Gasteiger partial charge in [0.15, 0.2) is 5.78 Å². The highest BCUT2D eigenvalue weighted by molar-refractivity contribution is 9.10. The third kappa shape index (κ3) is 3.92. The van der Waals surface area contributed by atoms with Gasteiger partial charge in [-0.15, -0.1) is 0 Å². The smallest absolute Gasteiger partial charge is 0.168 e. The van der Waals surface area contributed by atoms with E-state index in [-0.39, 0.29) is 5.78 Å². The number of Topliss-reactive ketones (excluding diaryl/α,β-unsaturated/α-hetero) is 1. The normalized spacial score (nSPS) is 23.9. The SMILES string of the molecule is C[C@H]1CCC[NH+](CCC(=O)c2ccc(Br)cc2)C1. The van der Waals surface area contributed by atoms with Crippen LogP contribution >= 0.6 is 15.9 Å². The van der Waals surface area contributed by atoms with E-state index in [0.717, 1.165) is 22.5 Å². The number of benzene rings is 1. The van der Waals surface area contributed by atoms with Crippen molar-refractivity contribution in [2.45, 2.75) is 26.2 Å². The molecular formula is C15H21BrNO+. The Labute approximate surface area is 117 Å². The fourth-order valence-corrected chi connectivity index (χ4v) is 2.96. The number of piperidine rings is 1. The summed E-state index contributed by atoms with van der Waals surface area (Å²) < 4.78 is 1.02. The Morgan fingerprint density at radius 1 is 1.39 bits per heavy atom. The average Bonchev–Trinajstić information content (AvgIpc) is 2.37. The number of hydrogen-bond acceptors (Lipinski definition) is 1. The van der Waals surface area contributed by atoms with E-state index in [1.807, 2.05) is 24.3 Å². The largest absolute Gasteiger partial charge is 0.334 e. The van der Waals surface area contributed by atoms with E-state index in [2.05, 4.69) is 22.9 Å². The zero-order valence-corrected chi connectivity index (χ0v) is 12.5. The second-order valence-corrected chi connectivity index (χ2v) is 6.30. The lowest BCUT2D eigenvalue weighted by Gasteiger charge is -2.27. The van der Waals surface area contributed by atoms with Crippen molar-refractivity contribution in [3.8, 4) is 0 Å². The highest BCUT2D eigenvalue weighted by Crippen LogP contribution is 2.11. The maximum atomic E-state index is 12.1. The molecule has 1 aliphatic rings. The average molecular weight is 311 g/mol. The summed E-state index contributed by atoms with van der Waals surface area (Å²) in [6, 6.07) is 7.67. The van der Waals surface area contributed by atoms with Gasteiger partial charge in [0.05, 0.1) is 26.1 Å². The molecule has 0 radical (unpaired) electrons. The summed E-state index contributed by atoms with van der Waals surface area (Å²) in [6.07, 6.45) is 3.33. The van der Waals surface area contributed by atoms with Gasteiger partial charge in [0.25, 0.3) is 0 Å². The van der Waals surface area contributed by atoms with Crippen molar-refractivity contribution in [1.29, 1.82) is 0 Å². The fraction of sp³-hybridized carbons (Fsp3) is 0.533. The van der Waals surface area contributed by atoms with Gasteiger partial charge in [-0.25, -0.2) is 0 Å². The zero-order valence-electron chi connectivity index (χ0n) is 10.9. The maximum Gasteiger partial charge on any atom is 0.168 e. The van der Waals surface area contributed by atoms with Crippen LogP contribution in [0, 0.1) is 5.92 Å². The van der Waals surface area contributed by atoms with Crippen LogP contribution in [0.15, 0.2) is 28.7 Å². The molecule has 0 aromatic heterocycles. The highest BCUT2D eigenvalue weighted by atomic mass is 79.9. The van der Waals surface area contributed by atoms with E-state index >= 15 is 0 Å². The third-order valence-corrected chi connectivity index (χ3v) is 4.26. The van der Waals surface area contributed by atoms with Gasteiger partial charge >= 0.3 is 0 Å². The lowest BCUT2D eigenvalue weighted by atomic mass is 9.99. The first-order chi connectivity index (χ1) is 8.65. The van der Waals surface area contributed by atoms with Gasteiger partial charge in [-0.2, -0.15) is 0 Å². The minimum atomic E-state index is 0.272. The summed E-state index contributed by atoms with van der Waals surface area (Å²) in [6.45, 7) is 5.76. The van der Waals surface area contributed by atoms with Crippen molar-refractivity contribution < 1.29 is 9.69 Å². The van der Waals surface area contributed by atoms with E-state index in [0.29, 0.717) is 6.42 Å². The lowest BCUT2D eigenvalue weighted by Crippen LogP contribution is -3.13. The predicted molar refractivity (Wildman–Crippen MR) is 77.1 cm³/mol. The first-order valence-electron chi connectivity index (χ1n) is 6.77. The monoisotopic (exact) mass is 310 g/mol. The second-order valence-electron chi connectivity index (χ2n) is 5.38. The Morgan fingerprint density at radius 3 is 2.78 bits per heavy atom. The van der Waals surface area contributed by atoms with Gasteiger partial charge in [0.1, 0.15) is 0 Å². The first-order valence-corrected chi connectivity index (χ1v) is 7.57. The summed E-state index contributed by atoms with van der Waals surface area (Å²) in [5, 5.41) is 0. The molecule has 2 nitrogen and oxygen atoms in total. The molecule has 0 amide bonds. The van der Waals surface area contributed by atoms with Crippen LogP contribution in [0.25, 0.3) is 0 Å². The number of nitrogens with one attached hydrogen (secondary N) is 1. The number of rotatable bonds is 4. The van der Waals surface area contributed by atoms with Gasteiger partial charge in [-0.3, -0.25) is 4.79 Å². The second kappa shape index (κ2) is 6.48. The molecule has 1 saturated heterocycles. The summed E-state index contributed by atoms with van der Waals surface area (Å²) in [4.78, 5) is 13.6. The topological polar surface area (TPSA) is 21.5 Å². The van der Waals surface area contributed by atoms with E-state index in [1.165, 1.54) is 25.9 Å². The lowest BCUT2D eigenvalue weighted by molar-refractivity contribution is -0.907. The van der Waals surface area contributed by atoms with Crippen LogP contribution in [0.2, 0.25) is 0 Å². The molecule has 0 spiro atoms. The van der Waals surface area contributed by atoms with Crippen molar-refractivity contribution in [3.05, 3.63) is 34.3 Å². The Bertz CT molecular complexity index is 401. The minimum absolute atomic E-state index is 0.272. The van der Waals surface area contributed by atoms with E-state index in [1.54, 1.807) is 4.90 Å². The molecule has 0 aliphatic carbocycles. The maximum absolute atomic E-state index is 12.1. The van der Waals surface area contributed by atoms with Gasteiger partial charge in [0.2, 0.25) is 0 Å². The number of carbonyl (C=O) groups excluding carboxylic acids is 1. The highest BCUT2D eigenvalue weighted by Gasteiger charge is 2.20. The molecule has 98 valence electrons. The first kappa shape index (κ1) is 13.8. The van der Waals surface area contributed by atoms with Crippen LogP contribution in [0.1, 0.15) is 36.5 Å². The van der Waals surface area contributed by atoms with Crippen molar-refractivity contribution in [2.75, 3.05) is 19.6 Å². The molecule has 2 rings (SSSR count). The van der Waals surface area contributed by atoms with Gasteiger partial charge in [-0.1, -0.05) is 35.0 Å². The quantitative estimate of drug-likeness (QED) is 0.847. The van der Waals surface area contributed by atoms with Crippen molar-refractivity contribution >= 4 is 21.7 Å². The van der Waals surface area contributed by atoms with Crippen LogP contribution in [0.3, 0.4) is 0 Å². The molecule has 0 bridgehead atoms. The Kier molecular flexibility index (Phi) is 4.95. The predicted octanol–water partition coefficient (Wildman–Crippen LogP) is 2.34. The van der Waals surface area contributed by atoms with E-state index in [4.69, 9.17) is 0 Å². The summed E-state index contributed by atoms with van der Waals surface area (Å²) in [5.41, 5.74) is 0.836. The summed E-state index contributed by atoms with van der Waals surface area (Å²) in [5.74, 6) is 1.09. The standard InChI is InChI=1S/C15H20BrNO/c1-12-3-2-9-17(11-12)10-8-15(18)13-4-6-14(16)7-5-13/h4-7,12H,2-3,8-11H2,1H3/p+1/t12-/m0/s1. The number of halogens is 1. The molecule has 1 heterocycles. The molecule has 1 fully saturated rings. The molecule has 1 aromatic rings. The molecule has 0 saturated carbocycles. The molecular weight excluding hydrogens is 290 g/mol. The van der Waals surface area contributed by atoms with Crippen molar-refractivity contribution in [1.82, 2.24) is 0 Å². The van der Waals surface area contributed by atoms with Crippen LogP contribution in [0.5, 0.6) is 0 Å². The minimum Gasteiger partial charge on any atom is -0.334 e. The third-order valence-electron chi connectivity index (χ3n) is 3.74. The number of hydrogen-bond donors (Lipinski definition) is 1. The Balaban J connectivity index is 1.82. The van der Waals surface area contributed by atoms with Crippen LogP contribution < -0.4 is 4.90 Å². The van der Waals surface area contributed by atoms with Gasteiger partial charge < -0.3 is 4.90 Å². The van der Waals surface area contributed by atoms with Crippen LogP contribution in [-0.4, -0.2) is 25.4 Å². The number of ketones is 1. The van der Waals surface area contributed by atoms with E-state index < -0.39 is 0 Å². The molecule has 2 atom stereocenters. The molecule has 1 unspecified atom stereocenters. The van der Waals surface area contributed by atoms with Gasteiger partial charge in [-0.05, 0) is 25.0 Å². The number of likely N-dealkylation sites (tertiary alicyclic amines) is 1. The van der Waals surface area contributed by atoms with Gasteiger partial charge in [0, 0.05) is 16.0 Å². The Morgan fingerprint density at radius 2 is 2.11 bits per heavy atom. The molecule has 1 N–H and O–H groups in total. The zero-order chi connectivity index (χ0) is 13.0. The van der Waals surface area contributed by atoms with Crippen molar-refractivity contribution in [3.63, 3.8) is 0 Å². The number of quaternary nitrogens is 1. The fourth-order valence-electron chi connectivity index (χ4n) is 2.69. The summed E-state index contributed by atoms with van der Waals surface area (Å²) in [7, 11) is 0. The van der Waals surface area contributed by atoms with Crippen LogP contribution in [-0.2, 0) is 0 Å². The van der Waals surface area contributed by atoms with Crippen molar-refractivity contribution in [2.24, 2.45) is 5.92 Å². The molecule has 1 aliphatic heterocycles. The molecule has 3 heteroatoms. The number of carbonyl (C=O) groups is 1. The Hall–Kier alpha value is -0.670. The summed E-state index contributed by atoms with van der Waals surface area (Å²) >= 11 is 3.39. The molecule has 18 heavy (non-hydrogen) atoms. The van der Waals surface area contributed by atoms with Crippen LogP contribution in [0.4, 0.5) is 0 Å². The van der Waals surface area contributed by atoms with E-state index in [9.17, 15) is 4.79 Å².